The number of hydrogen-bond acceptors (Lipinski definition) is 8. The van der Waals surface area contributed by atoms with Crippen LogP contribution in [-0.2, 0) is 25.9 Å². The number of aromatic nitrogens is 2. The minimum absolute atomic E-state index is 0.224. The number of nitrogens with one attached hydrogen (secondary N) is 2. The summed E-state index contributed by atoms with van der Waals surface area (Å²) >= 11 is 0. The largest absolute Gasteiger partial charge is 0.478 e. The van der Waals surface area contributed by atoms with Gasteiger partial charge in [0.15, 0.2) is 0 Å². The van der Waals surface area contributed by atoms with Crippen LogP contribution in [0.1, 0.15) is 130 Å². The van der Waals surface area contributed by atoms with E-state index < -0.39 is 11.9 Å². The lowest BCUT2D eigenvalue weighted by molar-refractivity contribution is 0.0684. The zero-order valence-corrected chi connectivity index (χ0v) is 36.6. The highest BCUT2D eigenvalue weighted by molar-refractivity contribution is 5.89. The van der Waals surface area contributed by atoms with Crippen molar-refractivity contribution in [2.24, 2.45) is 0 Å². The van der Waals surface area contributed by atoms with Crippen molar-refractivity contribution in [1.82, 2.24) is 20.6 Å². The number of fused-ring (bicyclic) bond motifs is 2. The topological polar surface area (TPSA) is 131 Å². The molecule has 0 amide bonds. The number of carbonyl (C=O) groups is 2. The number of pyridine rings is 2. The zero-order valence-electron chi connectivity index (χ0n) is 36.6. The second kappa shape index (κ2) is 19.6. The molecule has 0 radical (unpaired) electrons. The fraction of sp³-hybridized carbons (Fsp3) is 0.308. The summed E-state index contributed by atoms with van der Waals surface area (Å²) in [7, 11) is 4.20. The number of benzene rings is 4. The number of anilines is 4. The van der Waals surface area contributed by atoms with Gasteiger partial charge in [0, 0.05) is 86.8 Å². The molecule has 2 aliphatic heterocycles. The molecule has 0 saturated heterocycles. The Labute approximate surface area is 365 Å². The highest BCUT2D eigenvalue weighted by Crippen LogP contribution is 2.36. The van der Waals surface area contributed by atoms with Crippen molar-refractivity contribution in [3.8, 4) is 0 Å². The van der Waals surface area contributed by atoms with E-state index in [1.165, 1.54) is 68.5 Å². The maximum absolute atomic E-state index is 11.4. The standard InChI is InChI=1S/2C26H29N3O2/c2*1-17(2)18-4-7-21(8-5-18)29(3)22-9-10-23-20(14-22)16-28-25(23)11-6-19-15-27-13-12-24(19)26(30)31/h2*4-5,7-10,12-15,17,25,28H,6,11,16H2,1-3H3,(H,30,31)/t2*25-/m10/s1. The Balaban J connectivity index is 0.000000186. The third-order valence-electron chi connectivity index (χ3n) is 12.4. The second-order valence-corrected chi connectivity index (χ2v) is 17.0. The number of nitrogens with zero attached hydrogens (tertiary/aromatic N) is 4. The Morgan fingerprint density at radius 3 is 1.31 bits per heavy atom. The zero-order chi connectivity index (χ0) is 43.9. The third-order valence-corrected chi connectivity index (χ3v) is 12.4. The third kappa shape index (κ3) is 10.0. The average Bonchev–Trinajstić information content (AvgIpc) is 3.90. The van der Waals surface area contributed by atoms with Gasteiger partial charge in [0.1, 0.15) is 0 Å². The first-order valence-electron chi connectivity index (χ1n) is 21.6. The first-order valence-corrected chi connectivity index (χ1v) is 21.6. The summed E-state index contributed by atoms with van der Waals surface area (Å²) in [6.45, 7) is 10.5. The maximum Gasteiger partial charge on any atom is 0.336 e. The van der Waals surface area contributed by atoms with E-state index in [-0.39, 0.29) is 12.1 Å². The highest BCUT2D eigenvalue weighted by atomic mass is 16.4. The van der Waals surface area contributed by atoms with Gasteiger partial charge in [0.25, 0.3) is 0 Å². The lowest BCUT2D eigenvalue weighted by Crippen LogP contribution is -2.14. The van der Waals surface area contributed by atoms with Crippen LogP contribution in [-0.4, -0.2) is 46.2 Å². The molecule has 4 N–H and O–H groups in total. The van der Waals surface area contributed by atoms with E-state index >= 15 is 0 Å². The minimum atomic E-state index is -0.897. The molecule has 4 heterocycles. The first kappa shape index (κ1) is 43.7. The van der Waals surface area contributed by atoms with E-state index in [4.69, 9.17) is 0 Å². The van der Waals surface area contributed by atoms with Gasteiger partial charge < -0.3 is 30.6 Å². The van der Waals surface area contributed by atoms with Gasteiger partial charge in [0.05, 0.1) is 11.1 Å². The molecule has 0 bridgehead atoms. The molecule has 6 aromatic rings. The Morgan fingerprint density at radius 1 is 0.581 bits per heavy atom. The van der Waals surface area contributed by atoms with Crippen molar-refractivity contribution in [3.63, 3.8) is 0 Å². The van der Waals surface area contributed by atoms with Crippen LogP contribution >= 0.6 is 0 Å². The Morgan fingerprint density at radius 2 is 0.952 bits per heavy atom. The van der Waals surface area contributed by atoms with Crippen molar-refractivity contribution in [1.29, 1.82) is 0 Å². The molecular weight excluding hydrogens is 773 g/mol. The van der Waals surface area contributed by atoms with Gasteiger partial charge in [-0.2, -0.15) is 0 Å². The minimum Gasteiger partial charge on any atom is -0.478 e. The van der Waals surface area contributed by atoms with Gasteiger partial charge in [-0.15, -0.1) is 0 Å². The number of rotatable bonds is 14. The maximum atomic E-state index is 11.4. The molecule has 10 heteroatoms. The molecule has 0 saturated carbocycles. The van der Waals surface area contributed by atoms with E-state index in [0.29, 0.717) is 35.8 Å². The number of aromatic carboxylic acids is 2. The summed E-state index contributed by atoms with van der Waals surface area (Å²) in [5.74, 6) is -0.737. The highest BCUT2D eigenvalue weighted by Gasteiger charge is 2.25. The van der Waals surface area contributed by atoms with Crippen LogP contribution in [0.25, 0.3) is 0 Å². The molecule has 0 aliphatic carbocycles. The predicted molar refractivity (Wildman–Crippen MR) is 248 cm³/mol. The Hall–Kier alpha value is -6.36. The van der Waals surface area contributed by atoms with Crippen LogP contribution in [0.5, 0.6) is 0 Å². The van der Waals surface area contributed by atoms with Gasteiger partial charge >= 0.3 is 11.9 Å². The number of carboxylic acids is 2. The lowest BCUT2D eigenvalue weighted by atomic mass is 9.97. The molecule has 0 spiro atoms. The van der Waals surface area contributed by atoms with Gasteiger partial charge in [-0.05, 0) is 143 Å². The fourth-order valence-electron chi connectivity index (χ4n) is 8.52. The summed E-state index contributed by atoms with van der Waals surface area (Å²) in [6, 6.07) is 34.4. The fourth-order valence-corrected chi connectivity index (χ4v) is 8.52. The van der Waals surface area contributed by atoms with E-state index in [1.54, 1.807) is 24.5 Å². The molecule has 8 rings (SSSR count). The predicted octanol–water partition coefficient (Wildman–Crippen LogP) is 10.9. The molecule has 62 heavy (non-hydrogen) atoms. The molecule has 320 valence electrons. The molecule has 4 aromatic carbocycles. The molecule has 0 unspecified atom stereocenters. The summed E-state index contributed by atoms with van der Waals surface area (Å²) < 4.78 is 0. The van der Waals surface area contributed by atoms with Crippen LogP contribution in [0.4, 0.5) is 22.7 Å². The smallest absolute Gasteiger partial charge is 0.336 e. The van der Waals surface area contributed by atoms with Crippen molar-refractivity contribution in [2.45, 2.75) is 90.4 Å². The quantitative estimate of drug-likeness (QED) is 0.0841. The molecule has 2 aliphatic rings. The molecule has 2 aromatic heterocycles. The van der Waals surface area contributed by atoms with Gasteiger partial charge in [-0.3, -0.25) is 9.97 Å². The summed E-state index contributed by atoms with van der Waals surface area (Å²) in [6.07, 6.45) is 9.43. The van der Waals surface area contributed by atoms with Crippen molar-refractivity contribution < 1.29 is 19.8 Å². The number of carboxylic acid groups (broad SMARTS) is 2. The van der Waals surface area contributed by atoms with E-state index in [0.717, 1.165) is 37.1 Å². The monoisotopic (exact) mass is 830 g/mol. The second-order valence-electron chi connectivity index (χ2n) is 17.0. The Kier molecular flexibility index (Phi) is 13.8. The summed E-state index contributed by atoms with van der Waals surface area (Å²) in [5.41, 5.74) is 14.8. The molecular formula is C52H58N6O4. The van der Waals surface area contributed by atoms with E-state index in [2.05, 4.69) is 157 Å². The molecule has 2 atom stereocenters. The average molecular weight is 831 g/mol. The first-order chi connectivity index (χ1) is 29.9. The molecule has 0 fully saturated rings. The van der Waals surface area contributed by atoms with Crippen LogP contribution in [0.2, 0.25) is 0 Å². The van der Waals surface area contributed by atoms with E-state index in [1.807, 2.05) is 0 Å². The van der Waals surface area contributed by atoms with Crippen LogP contribution < -0.4 is 20.4 Å². The van der Waals surface area contributed by atoms with Crippen molar-refractivity contribution in [3.05, 3.63) is 177 Å². The van der Waals surface area contributed by atoms with Crippen LogP contribution in [0.3, 0.4) is 0 Å². The normalized spacial score (nSPS) is 15.2. The molecule has 10 nitrogen and oxygen atoms in total. The summed E-state index contributed by atoms with van der Waals surface area (Å²) in [5, 5.41) is 25.9. The van der Waals surface area contributed by atoms with Crippen LogP contribution in [0, 0.1) is 0 Å². The lowest BCUT2D eigenvalue weighted by Gasteiger charge is -2.21. The van der Waals surface area contributed by atoms with Gasteiger partial charge in [-0.25, -0.2) is 9.59 Å². The van der Waals surface area contributed by atoms with Crippen LogP contribution in [0.15, 0.2) is 122 Å². The number of hydrogen-bond donors (Lipinski definition) is 4. The SMILES string of the molecule is CC(C)c1ccc(N(C)c2ccc3c(c2)CN[C@@H]3CCc2cnccc2C(=O)O)cc1.CC(C)c1ccc(N(C)c2ccc3c(c2)CN[C@H]3CCc2cnccc2C(=O)O)cc1. The van der Waals surface area contributed by atoms with Gasteiger partial charge in [-0.1, -0.05) is 64.1 Å². The van der Waals surface area contributed by atoms with Gasteiger partial charge in [0.2, 0.25) is 0 Å². The Bertz CT molecular complexity index is 2330. The number of aryl methyl sites for hydroxylation is 2. The van der Waals surface area contributed by atoms with E-state index in [9.17, 15) is 19.8 Å². The summed E-state index contributed by atoms with van der Waals surface area (Å²) in [4.78, 5) is 35.5. The van der Waals surface area contributed by atoms with Crippen molar-refractivity contribution >= 4 is 34.7 Å². The van der Waals surface area contributed by atoms with Crippen molar-refractivity contribution in [2.75, 3.05) is 23.9 Å².